The molecule has 0 saturated carbocycles. The molecule has 1 aliphatic heterocycles. The van der Waals surface area contributed by atoms with Crippen molar-refractivity contribution in [2.75, 3.05) is 41.7 Å². The van der Waals surface area contributed by atoms with Crippen molar-refractivity contribution in [2.24, 2.45) is 0 Å². The van der Waals surface area contributed by atoms with E-state index in [0.717, 1.165) is 43.4 Å². The molecule has 0 radical (unpaired) electrons. The van der Waals surface area contributed by atoms with E-state index in [9.17, 15) is 0 Å². The molecule has 2 aromatic rings. The molecule has 0 unspecified atom stereocenters. The van der Waals surface area contributed by atoms with Crippen molar-refractivity contribution in [2.45, 2.75) is 6.92 Å². The van der Waals surface area contributed by atoms with Crippen molar-refractivity contribution in [3.63, 3.8) is 0 Å². The van der Waals surface area contributed by atoms with Crippen LogP contribution in [0.5, 0.6) is 0 Å². The number of piperazine rings is 1. The number of nitriles is 1. The van der Waals surface area contributed by atoms with Crippen LogP contribution in [0.2, 0.25) is 0 Å². The third-order valence-corrected chi connectivity index (χ3v) is 3.93. The van der Waals surface area contributed by atoms with Gasteiger partial charge in [0.25, 0.3) is 0 Å². The van der Waals surface area contributed by atoms with E-state index in [2.05, 4.69) is 25.8 Å². The first-order valence-corrected chi connectivity index (χ1v) is 7.26. The largest absolute Gasteiger partial charge is 0.384 e. The summed E-state index contributed by atoms with van der Waals surface area (Å²) in [5.41, 5.74) is 8.14. The maximum absolute atomic E-state index is 8.97. The number of nitrogens with zero attached hydrogens (tertiary/aromatic N) is 5. The van der Waals surface area contributed by atoms with E-state index < -0.39 is 0 Å². The Hall–Kier alpha value is -2.81. The van der Waals surface area contributed by atoms with Gasteiger partial charge in [0, 0.05) is 26.2 Å². The summed E-state index contributed by atoms with van der Waals surface area (Å²) < 4.78 is 0. The van der Waals surface area contributed by atoms with Crippen LogP contribution in [0, 0.1) is 18.3 Å². The molecule has 1 aliphatic rings. The van der Waals surface area contributed by atoms with Crippen molar-refractivity contribution in [1.29, 1.82) is 5.26 Å². The highest BCUT2D eigenvalue weighted by atomic mass is 15.3. The van der Waals surface area contributed by atoms with Gasteiger partial charge in [-0.25, -0.2) is 9.97 Å². The van der Waals surface area contributed by atoms with Gasteiger partial charge in [0.2, 0.25) is 0 Å². The molecular weight excluding hydrogens is 276 g/mol. The van der Waals surface area contributed by atoms with E-state index in [0.29, 0.717) is 11.4 Å². The molecule has 22 heavy (non-hydrogen) atoms. The fourth-order valence-electron chi connectivity index (χ4n) is 2.62. The lowest BCUT2D eigenvalue weighted by molar-refractivity contribution is 0.646. The van der Waals surface area contributed by atoms with Gasteiger partial charge in [-0.2, -0.15) is 5.26 Å². The van der Waals surface area contributed by atoms with Crippen molar-refractivity contribution < 1.29 is 0 Å². The second kappa shape index (κ2) is 5.90. The Kier molecular flexibility index (Phi) is 3.79. The highest BCUT2D eigenvalue weighted by molar-refractivity contribution is 5.51. The Morgan fingerprint density at radius 2 is 1.82 bits per heavy atom. The monoisotopic (exact) mass is 294 g/mol. The number of anilines is 3. The summed E-state index contributed by atoms with van der Waals surface area (Å²) in [5.74, 6) is 1.48. The molecule has 1 fully saturated rings. The SMILES string of the molecule is Cc1nc(N2CCN(c3ccc(N)nc3)CC2)ccc1C#N. The van der Waals surface area contributed by atoms with Crippen LogP contribution in [0.15, 0.2) is 30.5 Å². The molecule has 3 heterocycles. The summed E-state index contributed by atoms with van der Waals surface area (Å²) in [6, 6.07) is 9.74. The third-order valence-electron chi connectivity index (χ3n) is 3.93. The van der Waals surface area contributed by atoms with E-state index >= 15 is 0 Å². The van der Waals surface area contributed by atoms with E-state index in [-0.39, 0.29) is 0 Å². The minimum atomic E-state index is 0.541. The van der Waals surface area contributed by atoms with Crippen LogP contribution >= 0.6 is 0 Å². The lowest BCUT2D eigenvalue weighted by Gasteiger charge is -2.36. The molecule has 1 saturated heterocycles. The molecule has 2 N–H and O–H groups in total. The normalized spacial score (nSPS) is 14.7. The van der Waals surface area contributed by atoms with Gasteiger partial charge in [-0.3, -0.25) is 0 Å². The summed E-state index contributed by atoms with van der Waals surface area (Å²) >= 11 is 0. The van der Waals surface area contributed by atoms with Gasteiger partial charge in [0.1, 0.15) is 17.7 Å². The number of aryl methyl sites for hydroxylation is 1. The summed E-state index contributed by atoms with van der Waals surface area (Å²) in [6.45, 7) is 5.47. The second-order valence-electron chi connectivity index (χ2n) is 5.33. The zero-order valence-corrected chi connectivity index (χ0v) is 12.5. The summed E-state index contributed by atoms with van der Waals surface area (Å²) in [5, 5.41) is 8.97. The van der Waals surface area contributed by atoms with E-state index in [1.165, 1.54) is 0 Å². The van der Waals surface area contributed by atoms with Gasteiger partial charge in [-0.15, -0.1) is 0 Å². The van der Waals surface area contributed by atoms with Gasteiger partial charge in [0.15, 0.2) is 0 Å². The molecule has 6 heteroatoms. The molecule has 2 aromatic heterocycles. The Bertz CT molecular complexity index is 696. The summed E-state index contributed by atoms with van der Waals surface area (Å²) in [4.78, 5) is 13.2. The maximum Gasteiger partial charge on any atom is 0.129 e. The molecule has 0 aliphatic carbocycles. The lowest BCUT2D eigenvalue weighted by Crippen LogP contribution is -2.46. The lowest BCUT2D eigenvalue weighted by atomic mass is 10.2. The highest BCUT2D eigenvalue weighted by Crippen LogP contribution is 2.20. The molecule has 3 rings (SSSR count). The summed E-state index contributed by atoms with van der Waals surface area (Å²) in [6.07, 6.45) is 1.81. The Labute approximate surface area is 129 Å². The zero-order chi connectivity index (χ0) is 15.5. The van der Waals surface area contributed by atoms with Crippen LogP contribution in [-0.2, 0) is 0 Å². The van der Waals surface area contributed by atoms with Crippen LogP contribution < -0.4 is 15.5 Å². The van der Waals surface area contributed by atoms with Crippen molar-refractivity contribution in [3.8, 4) is 6.07 Å². The standard InChI is InChI=1S/C16H18N6/c1-12-13(10-17)2-5-16(20-12)22-8-6-21(7-9-22)14-3-4-15(18)19-11-14/h2-5,11H,6-9H2,1H3,(H2,18,19). The quantitative estimate of drug-likeness (QED) is 0.905. The number of aromatic nitrogens is 2. The van der Waals surface area contributed by atoms with Crippen LogP contribution in [0.4, 0.5) is 17.3 Å². The molecule has 112 valence electrons. The predicted octanol–water partition coefficient (Wildman–Crippen LogP) is 1.57. The number of hydrogen-bond donors (Lipinski definition) is 1. The average molecular weight is 294 g/mol. The Morgan fingerprint density at radius 1 is 1.09 bits per heavy atom. The number of nitrogen functional groups attached to an aromatic ring is 1. The molecule has 0 aromatic carbocycles. The van der Waals surface area contributed by atoms with Gasteiger partial charge in [-0.1, -0.05) is 0 Å². The van der Waals surface area contributed by atoms with E-state index in [4.69, 9.17) is 11.0 Å². The molecule has 0 atom stereocenters. The van der Waals surface area contributed by atoms with E-state index in [1.54, 1.807) is 0 Å². The molecular formula is C16H18N6. The smallest absolute Gasteiger partial charge is 0.129 e. The maximum atomic E-state index is 8.97. The van der Waals surface area contributed by atoms with Gasteiger partial charge in [0.05, 0.1) is 23.1 Å². The van der Waals surface area contributed by atoms with Gasteiger partial charge >= 0.3 is 0 Å². The topological polar surface area (TPSA) is 82.1 Å². The fourth-order valence-corrected chi connectivity index (χ4v) is 2.62. The second-order valence-corrected chi connectivity index (χ2v) is 5.33. The highest BCUT2D eigenvalue weighted by Gasteiger charge is 2.19. The first-order chi connectivity index (χ1) is 10.7. The number of pyridine rings is 2. The van der Waals surface area contributed by atoms with Crippen LogP contribution in [-0.4, -0.2) is 36.1 Å². The van der Waals surface area contributed by atoms with E-state index in [1.807, 2.05) is 37.4 Å². The first kappa shape index (κ1) is 14.1. The van der Waals surface area contributed by atoms with Crippen molar-refractivity contribution >= 4 is 17.3 Å². The fraction of sp³-hybridized carbons (Fsp3) is 0.312. The van der Waals surface area contributed by atoms with Crippen molar-refractivity contribution in [3.05, 3.63) is 41.7 Å². The molecule has 0 bridgehead atoms. The number of hydrogen-bond acceptors (Lipinski definition) is 6. The average Bonchev–Trinajstić information content (AvgIpc) is 2.56. The molecule has 0 spiro atoms. The minimum Gasteiger partial charge on any atom is -0.384 e. The number of rotatable bonds is 2. The third kappa shape index (κ3) is 2.79. The van der Waals surface area contributed by atoms with Gasteiger partial charge in [-0.05, 0) is 31.2 Å². The number of nitrogens with two attached hydrogens (primary N) is 1. The van der Waals surface area contributed by atoms with Gasteiger partial charge < -0.3 is 15.5 Å². The van der Waals surface area contributed by atoms with Crippen LogP contribution in [0.1, 0.15) is 11.3 Å². The summed E-state index contributed by atoms with van der Waals surface area (Å²) in [7, 11) is 0. The minimum absolute atomic E-state index is 0.541. The zero-order valence-electron chi connectivity index (χ0n) is 12.5. The van der Waals surface area contributed by atoms with Crippen LogP contribution in [0.25, 0.3) is 0 Å². The molecule has 6 nitrogen and oxygen atoms in total. The van der Waals surface area contributed by atoms with Crippen molar-refractivity contribution in [1.82, 2.24) is 9.97 Å². The van der Waals surface area contributed by atoms with Crippen LogP contribution in [0.3, 0.4) is 0 Å². The Morgan fingerprint density at radius 3 is 2.41 bits per heavy atom. The molecule has 0 amide bonds. The Balaban J connectivity index is 1.68. The first-order valence-electron chi connectivity index (χ1n) is 7.26. The predicted molar refractivity (Wildman–Crippen MR) is 86.8 cm³/mol.